The van der Waals surface area contributed by atoms with Crippen molar-refractivity contribution in [2.75, 3.05) is 39.3 Å². The van der Waals surface area contributed by atoms with Crippen molar-refractivity contribution in [1.29, 1.82) is 0 Å². The largest absolute Gasteiger partial charge is 0.492 e. The minimum absolute atomic E-state index is 0.176. The predicted octanol–water partition coefficient (Wildman–Crippen LogP) is 3.63. The molecule has 1 amide bonds. The highest BCUT2D eigenvalue weighted by Crippen LogP contribution is 2.16. The molecule has 1 saturated heterocycles. The first-order chi connectivity index (χ1) is 16.0. The molecule has 33 heavy (non-hydrogen) atoms. The van der Waals surface area contributed by atoms with Gasteiger partial charge in [-0.3, -0.25) is 14.6 Å². The van der Waals surface area contributed by atoms with E-state index in [1.807, 2.05) is 55.5 Å². The first kappa shape index (κ1) is 23.6. The summed E-state index contributed by atoms with van der Waals surface area (Å²) in [5, 5.41) is 13.2. The summed E-state index contributed by atoms with van der Waals surface area (Å²) in [5.41, 5.74) is 2.26. The number of hydrogen-bond donors (Lipinski definition) is 1. The van der Waals surface area contributed by atoms with Crippen LogP contribution < -0.4 is 10.1 Å². The number of carbonyl (C=O) groups is 1. The minimum atomic E-state index is -0.176. The molecule has 0 spiro atoms. The van der Waals surface area contributed by atoms with Crippen molar-refractivity contribution in [3.8, 4) is 5.75 Å². The number of amides is 1. The van der Waals surface area contributed by atoms with E-state index >= 15 is 0 Å². The second-order valence-electron chi connectivity index (χ2n) is 8.09. The fourth-order valence-electron chi connectivity index (χ4n) is 3.56. The van der Waals surface area contributed by atoms with Gasteiger partial charge in [0.2, 0.25) is 5.01 Å². The summed E-state index contributed by atoms with van der Waals surface area (Å²) in [5.74, 6) is 0.665. The molecule has 1 aliphatic heterocycles. The Hall–Kier alpha value is -2.52. The highest BCUT2D eigenvalue weighted by molar-refractivity contribution is 7.13. The molecule has 2 aromatic carbocycles. The normalized spacial score (nSPS) is 14.8. The van der Waals surface area contributed by atoms with Crippen molar-refractivity contribution in [2.24, 2.45) is 0 Å². The van der Waals surface area contributed by atoms with Gasteiger partial charge in [0, 0.05) is 44.3 Å². The van der Waals surface area contributed by atoms with E-state index in [9.17, 15) is 4.79 Å². The molecular weight excluding hydrogens is 458 g/mol. The predicted molar refractivity (Wildman–Crippen MR) is 131 cm³/mol. The van der Waals surface area contributed by atoms with Crippen molar-refractivity contribution in [3.05, 3.63) is 74.7 Å². The fourth-order valence-corrected chi connectivity index (χ4v) is 4.48. The van der Waals surface area contributed by atoms with Crippen LogP contribution in [-0.4, -0.2) is 65.2 Å². The van der Waals surface area contributed by atoms with Crippen LogP contribution in [0.25, 0.3) is 0 Å². The number of ether oxygens (including phenoxy) is 1. The zero-order valence-electron chi connectivity index (χ0n) is 18.7. The lowest BCUT2D eigenvalue weighted by atomic mass is 10.1. The lowest BCUT2D eigenvalue weighted by molar-refractivity contribution is 0.0949. The molecule has 9 heteroatoms. The van der Waals surface area contributed by atoms with E-state index in [-0.39, 0.29) is 5.91 Å². The number of aromatic nitrogens is 2. The molecule has 0 aliphatic carbocycles. The van der Waals surface area contributed by atoms with E-state index in [1.165, 1.54) is 16.9 Å². The van der Waals surface area contributed by atoms with Crippen molar-refractivity contribution in [3.63, 3.8) is 0 Å². The first-order valence-corrected chi connectivity index (χ1v) is 12.2. The molecule has 2 heterocycles. The number of halogens is 1. The zero-order chi connectivity index (χ0) is 23.0. The number of piperazine rings is 1. The Bertz CT molecular complexity index is 1030. The molecule has 174 valence electrons. The molecule has 4 rings (SSSR count). The van der Waals surface area contributed by atoms with Crippen LogP contribution in [0.4, 0.5) is 0 Å². The van der Waals surface area contributed by atoms with Crippen molar-refractivity contribution < 1.29 is 9.53 Å². The molecule has 3 aromatic rings. The molecule has 1 fully saturated rings. The van der Waals surface area contributed by atoms with Gasteiger partial charge in [0.25, 0.3) is 5.91 Å². The van der Waals surface area contributed by atoms with Gasteiger partial charge >= 0.3 is 0 Å². The summed E-state index contributed by atoms with van der Waals surface area (Å²) in [4.78, 5) is 17.2. The minimum Gasteiger partial charge on any atom is -0.492 e. The number of carbonyl (C=O) groups excluding carboxylic acids is 1. The summed E-state index contributed by atoms with van der Waals surface area (Å²) in [6, 6.07) is 15.6. The number of aryl methyl sites for hydroxylation is 1. The van der Waals surface area contributed by atoms with Crippen LogP contribution in [0.3, 0.4) is 0 Å². The second-order valence-corrected chi connectivity index (χ2v) is 9.59. The maximum Gasteiger partial charge on any atom is 0.282 e. The smallest absolute Gasteiger partial charge is 0.282 e. The van der Waals surface area contributed by atoms with Gasteiger partial charge in [-0.05, 0) is 36.8 Å². The Morgan fingerprint density at radius 1 is 1.03 bits per heavy atom. The van der Waals surface area contributed by atoms with Crippen molar-refractivity contribution in [1.82, 2.24) is 25.3 Å². The number of hydrogen-bond acceptors (Lipinski definition) is 7. The van der Waals surface area contributed by atoms with E-state index < -0.39 is 0 Å². The zero-order valence-corrected chi connectivity index (χ0v) is 20.2. The Balaban J connectivity index is 1.16. The summed E-state index contributed by atoms with van der Waals surface area (Å²) in [7, 11) is 0. The molecular formula is C24H28ClN5O2S. The maximum absolute atomic E-state index is 12.4. The summed E-state index contributed by atoms with van der Waals surface area (Å²) < 4.78 is 5.80. The Kier molecular flexibility index (Phi) is 8.28. The van der Waals surface area contributed by atoms with Crippen molar-refractivity contribution >= 4 is 28.8 Å². The molecule has 1 N–H and O–H groups in total. The molecule has 7 nitrogen and oxygen atoms in total. The van der Waals surface area contributed by atoms with Gasteiger partial charge in [-0.15, -0.1) is 10.2 Å². The van der Waals surface area contributed by atoms with Crippen LogP contribution in [0.15, 0.2) is 48.5 Å². The number of nitrogens with one attached hydrogen (secondary N) is 1. The van der Waals surface area contributed by atoms with Crippen LogP contribution in [0.5, 0.6) is 5.75 Å². The molecule has 0 atom stereocenters. The van der Waals surface area contributed by atoms with Crippen LogP contribution >= 0.6 is 22.9 Å². The van der Waals surface area contributed by atoms with Crippen molar-refractivity contribution in [2.45, 2.75) is 20.0 Å². The molecule has 0 radical (unpaired) electrons. The van der Waals surface area contributed by atoms with E-state index in [2.05, 4.69) is 25.3 Å². The molecule has 1 aromatic heterocycles. The van der Waals surface area contributed by atoms with E-state index in [0.717, 1.165) is 55.6 Å². The quantitative estimate of drug-likeness (QED) is 0.499. The number of rotatable bonds is 9. The Labute approximate surface area is 203 Å². The van der Waals surface area contributed by atoms with Crippen LogP contribution in [0.1, 0.15) is 25.9 Å². The maximum atomic E-state index is 12.4. The third kappa shape index (κ3) is 7.23. The Morgan fingerprint density at radius 2 is 1.73 bits per heavy atom. The van der Waals surface area contributed by atoms with E-state index in [4.69, 9.17) is 16.3 Å². The average Bonchev–Trinajstić information content (AvgIpc) is 3.29. The molecule has 0 unspecified atom stereocenters. The van der Waals surface area contributed by atoms with Gasteiger partial charge in [-0.2, -0.15) is 0 Å². The highest BCUT2D eigenvalue weighted by Gasteiger charge is 2.19. The lowest BCUT2D eigenvalue weighted by Gasteiger charge is -2.34. The SMILES string of the molecule is Cc1ccc(CNC(=O)c2nnc(CN3CCN(CCOc4ccc(Cl)cc4)CC3)s2)cc1. The Morgan fingerprint density at radius 3 is 2.45 bits per heavy atom. The van der Waals surface area contributed by atoms with Crippen LogP contribution in [0.2, 0.25) is 5.02 Å². The summed E-state index contributed by atoms with van der Waals surface area (Å²) >= 11 is 7.27. The van der Waals surface area contributed by atoms with Gasteiger partial charge in [0.05, 0.1) is 6.54 Å². The third-order valence-corrected chi connectivity index (χ3v) is 6.71. The highest BCUT2D eigenvalue weighted by atomic mass is 35.5. The van der Waals surface area contributed by atoms with Gasteiger partial charge in [-0.25, -0.2) is 0 Å². The van der Waals surface area contributed by atoms with Gasteiger partial charge < -0.3 is 10.1 Å². The number of benzene rings is 2. The van der Waals surface area contributed by atoms with E-state index in [0.29, 0.717) is 23.2 Å². The lowest BCUT2D eigenvalue weighted by Crippen LogP contribution is -2.47. The van der Waals surface area contributed by atoms with Gasteiger partial charge in [0.1, 0.15) is 17.4 Å². The van der Waals surface area contributed by atoms with Gasteiger partial charge in [0.15, 0.2) is 0 Å². The van der Waals surface area contributed by atoms with Crippen LogP contribution in [-0.2, 0) is 13.1 Å². The molecule has 1 aliphatic rings. The standard InChI is InChI=1S/C24H28ClN5O2S/c1-18-2-4-19(5-3-18)16-26-23(31)24-28-27-22(33-24)17-30-12-10-29(11-13-30)14-15-32-21-8-6-20(25)7-9-21/h2-9H,10-17H2,1H3,(H,26,31). The number of nitrogens with zero attached hydrogens (tertiary/aromatic N) is 4. The topological polar surface area (TPSA) is 70.6 Å². The second kappa shape index (κ2) is 11.6. The van der Waals surface area contributed by atoms with Gasteiger partial charge in [-0.1, -0.05) is 52.8 Å². The molecule has 0 saturated carbocycles. The monoisotopic (exact) mass is 485 g/mol. The average molecular weight is 486 g/mol. The summed E-state index contributed by atoms with van der Waals surface area (Å²) in [6.07, 6.45) is 0. The fraction of sp³-hybridized carbons (Fsp3) is 0.375. The van der Waals surface area contributed by atoms with Crippen LogP contribution in [0, 0.1) is 6.92 Å². The molecule has 0 bridgehead atoms. The third-order valence-electron chi connectivity index (χ3n) is 5.55. The first-order valence-electron chi connectivity index (χ1n) is 11.0. The van der Waals surface area contributed by atoms with E-state index in [1.54, 1.807) is 0 Å². The summed E-state index contributed by atoms with van der Waals surface area (Å²) in [6.45, 7) is 8.65.